The summed E-state index contributed by atoms with van der Waals surface area (Å²) in [7, 11) is 0. The summed E-state index contributed by atoms with van der Waals surface area (Å²) in [4.78, 5) is 11.2. The van der Waals surface area contributed by atoms with Crippen molar-refractivity contribution >= 4 is 31.5 Å². The molecule has 1 aliphatic carbocycles. The van der Waals surface area contributed by atoms with Gasteiger partial charge in [-0.25, -0.2) is 9.97 Å². The molecular formula is C55H38N2S. The molecule has 0 spiro atoms. The zero-order valence-electron chi connectivity index (χ0n) is 32.3. The third kappa shape index (κ3) is 5.54. The predicted molar refractivity (Wildman–Crippen MR) is 245 cm³/mol. The second-order valence-corrected chi connectivity index (χ2v) is 16.7. The molecule has 58 heavy (non-hydrogen) atoms. The Labute approximate surface area is 342 Å². The SMILES string of the molecule is CC1(C)c2ccccc2-c2c(-c3nc(-c4ccc(-c5ccccc5)cc4-c4ccccc4)cc(-c4cccc5c4sc4ccccc45)n3)ccc(-c3ccccc3)c21. The molecule has 0 N–H and O–H groups in total. The molecule has 8 aromatic carbocycles. The first-order chi connectivity index (χ1) is 28.5. The van der Waals surface area contributed by atoms with Crippen LogP contribution in [0, 0.1) is 0 Å². The highest BCUT2D eigenvalue weighted by Crippen LogP contribution is 2.55. The molecule has 0 amide bonds. The summed E-state index contributed by atoms with van der Waals surface area (Å²) < 4.78 is 2.51. The Balaban J connectivity index is 1.22. The van der Waals surface area contributed by atoms with E-state index in [1.54, 1.807) is 0 Å². The highest BCUT2D eigenvalue weighted by molar-refractivity contribution is 7.26. The minimum atomic E-state index is -0.232. The molecule has 0 aliphatic heterocycles. The molecule has 11 rings (SSSR count). The number of fused-ring (bicyclic) bond motifs is 6. The average Bonchev–Trinajstić information content (AvgIpc) is 3.79. The fourth-order valence-electron chi connectivity index (χ4n) is 9.18. The van der Waals surface area contributed by atoms with Gasteiger partial charge in [0, 0.05) is 42.3 Å². The molecule has 2 aromatic heterocycles. The second kappa shape index (κ2) is 13.6. The van der Waals surface area contributed by atoms with Crippen molar-refractivity contribution < 1.29 is 0 Å². The molecule has 0 radical (unpaired) electrons. The van der Waals surface area contributed by atoms with E-state index in [2.05, 4.69) is 208 Å². The van der Waals surface area contributed by atoms with Crippen LogP contribution < -0.4 is 0 Å². The van der Waals surface area contributed by atoms with Gasteiger partial charge in [-0.2, -0.15) is 0 Å². The van der Waals surface area contributed by atoms with Crippen LogP contribution >= 0.6 is 11.3 Å². The van der Waals surface area contributed by atoms with Crippen molar-refractivity contribution in [2.75, 3.05) is 0 Å². The molecule has 2 heterocycles. The zero-order valence-corrected chi connectivity index (χ0v) is 33.1. The first kappa shape index (κ1) is 34.3. The lowest BCUT2D eigenvalue weighted by Gasteiger charge is -2.25. The Kier molecular flexibility index (Phi) is 8.06. The number of hydrogen-bond donors (Lipinski definition) is 0. The van der Waals surface area contributed by atoms with Gasteiger partial charge in [-0.1, -0.05) is 184 Å². The summed E-state index contributed by atoms with van der Waals surface area (Å²) in [6, 6.07) is 69.9. The van der Waals surface area contributed by atoms with Gasteiger partial charge in [0.2, 0.25) is 0 Å². The van der Waals surface area contributed by atoms with Gasteiger partial charge in [-0.05, 0) is 79.9 Å². The van der Waals surface area contributed by atoms with Crippen molar-refractivity contribution in [2.24, 2.45) is 0 Å². The van der Waals surface area contributed by atoms with E-state index in [0.29, 0.717) is 0 Å². The molecule has 0 atom stereocenters. The van der Waals surface area contributed by atoms with Crippen LogP contribution in [0.5, 0.6) is 0 Å². The fraction of sp³-hybridized carbons (Fsp3) is 0.0545. The molecule has 0 saturated heterocycles. The highest BCUT2D eigenvalue weighted by Gasteiger charge is 2.39. The number of nitrogens with zero attached hydrogens (tertiary/aromatic N) is 2. The van der Waals surface area contributed by atoms with Crippen LogP contribution in [-0.4, -0.2) is 9.97 Å². The molecule has 0 fully saturated rings. The lowest BCUT2D eigenvalue weighted by Crippen LogP contribution is -2.16. The van der Waals surface area contributed by atoms with Crippen molar-refractivity contribution in [3.63, 3.8) is 0 Å². The largest absolute Gasteiger partial charge is 0.228 e. The molecule has 10 aromatic rings. The van der Waals surface area contributed by atoms with Gasteiger partial charge >= 0.3 is 0 Å². The lowest BCUT2D eigenvalue weighted by atomic mass is 9.78. The highest BCUT2D eigenvalue weighted by atomic mass is 32.1. The van der Waals surface area contributed by atoms with Gasteiger partial charge < -0.3 is 0 Å². The molecular weight excluding hydrogens is 721 g/mol. The number of thiophene rings is 1. The standard InChI is InChI=1S/C55H38N2S/c1-55(2)47-27-14-12-24-43(47)51-45(32-31-39(52(51)55)36-19-8-4-9-20-36)54-56-48(34-49(57-54)44-26-16-25-42-41-23-13-15-28-50(41)58-53(42)44)40-30-29-38(35-17-6-3-7-18-35)33-46(40)37-21-10-5-11-22-37/h3-34H,1-2H3. The number of hydrogen-bond acceptors (Lipinski definition) is 3. The van der Waals surface area contributed by atoms with E-state index < -0.39 is 0 Å². The van der Waals surface area contributed by atoms with Gasteiger partial charge in [-0.15, -0.1) is 11.3 Å². The number of aromatic nitrogens is 2. The van der Waals surface area contributed by atoms with Crippen LogP contribution in [0.4, 0.5) is 0 Å². The summed E-state index contributed by atoms with van der Waals surface area (Å²) in [6.45, 7) is 4.72. The Morgan fingerprint density at radius 3 is 1.72 bits per heavy atom. The smallest absolute Gasteiger partial charge is 0.161 e. The molecule has 3 heteroatoms. The third-order valence-corrected chi connectivity index (χ3v) is 13.1. The van der Waals surface area contributed by atoms with Gasteiger partial charge in [0.05, 0.1) is 11.4 Å². The van der Waals surface area contributed by atoms with Crippen molar-refractivity contribution in [1.82, 2.24) is 9.97 Å². The number of rotatable bonds is 6. The third-order valence-electron chi connectivity index (χ3n) is 11.9. The number of benzene rings is 8. The van der Waals surface area contributed by atoms with E-state index in [1.165, 1.54) is 64.7 Å². The van der Waals surface area contributed by atoms with Crippen LogP contribution in [0.3, 0.4) is 0 Å². The minimum absolute atomic E-state index is 0.232. The van der Waals surface area contributed by atoms with Crippen molar-refractivity contribution in [1.29, 1.82) is 0 Å². The lowest BCUT2D eigenvalue weighted by molar-refractivity contribution is 0.662. The van der Waals surface area contributed by atoms with Crippen molar-refractivity contribution in [2.45, 2.75) is 19.3 Å². The van der Waals surface area contributed by atoms with Crippen LogP contribution in [0.25, 0.3) is 98.6 Å². The molecule has 0 unspecified atom stereocenters. The fourth-order valence-corrected chi connectivity index (χ4v) is 10.4. The quantitative estimate of drug-likeness (QED) is 0.169. The monoisotopic (exact) mass is 758 g/mol. The maximum Gasteiger partial charge on any atom is 0.161 e. The van der Waals surface area contributed by atoms with E-state index in [9.17, 15) is 0 Å². The van der Waals surface area contributed by atoms with E-state index >= 15 is 0 Å². The van der Waals surface area contributed by atoms with Crippen LogP contribution in [0.1, 0.15) is 25.0 Å². The average molecular weight is 759 g/mol. The Hall–Kier alpha value is -6.94. The van der Waals surface area contributed by atoms with E-state index in [4.69, 9.17) is 9.97 Å². The first-order valence-electron chi connectivity index (χ1n) is 19.9. The summed E-state index contributed by atoms with van der Waals surface area (Å²) >= 11 is 1.84. The van der Waals surface area contributed by atoms with E-state index in [1.807, 2.05) is 11.3 Å². The van der Waals surface area contributed by atoms with Crippen LogP contribution in [-0.2, 0) is 5.41 Å². The summed E-state index contributed by atoms with van der Waals surface area (Å²) in [5.41, 5.74) is 17.0. The normalized spacial score (nSPS) is 12.8. The molecule has 1 aliphatic rings. The first-order valence-corrected chi connectivity index (χ1v) is 20.7. The van der Waals surface area contributed by atoms with Gasteiger partial charge in [0.15, 0.2) is 5.82 Å². The van der Waals surface area contributed by atoms with Crippen molar-refractivity contribution in [3.8, 4) is 78.4 Å². The summed E-state index contributed by atoms with van der Waals surface area (Å²) in [5.74, 6) is 0.722. The predicted octanol–water partition coefficient (Wildman–Crippen LogP) is 15.2. The van der Waals surface area contributed by atoms with E-state index in [-0.39, 0.29) is 5.41 Å². The maximum absolute atomic E-state index is 5.60. The van der Waals surface area contributed by atoms with Crippen LogP contribution in [0.15, 0.2) is 194 Å². The molecule has 274 valence electrons. The van der Waals surface area contributed by atoms with Gasteiger partial charge in [-0.3, -0.25) is 0 Å². The van der Waals surface area contributed by atoms with E-state index in [0.717, 1.165) is 45.0 Å². The second-order valence-electron chi connectivity index (χ2n) is 15.7. The molecule has 0 bridgehead atoms. The van der Waals surface area contributed by atoms with Gasteiger partial charge in [0.1, 0.15) is 0 Å². The topological polar surface area (TPSA) is 25.8 Å². The minimum Gasteiger partial charge on any atom is -0.228 e. The summed E-state index contributed by atoms with van der Waals surface area (Å²) in [5, 5.41) is 2.52. The Morgan fingerprint density at radius 1 is 0.397 bits per heavy atom. The zero-order chi connectivity index (χ0) is 38.8. The van der Waals surface area contributed by atoms with Crippen molar-refractivity contribution in [3.05, 3.63) is 205 Å². The Morgan fingerprint density at radius 2 is 0.966 bits per heavy atom. The molecule has 2 nitrogen and oxygen atoms in total. The maximum atomic E-state index is 5.60. The van der Waals surface area contributed by atoms with Crippen LogP contribution in [0.2, 0.25) is 0 Å². The summed E-state index contributed by atoms with van der Waals surface area (Å²) in [6.07, 6.45) is 0. The molecule has 0 saturated carbocycles. The van der Waals surface area contributed by atoms with Gasteiger partial charge in [0.25, 0.3) is 0 Å². The Bertz CT molecular complexity index is 3180.